The third kappa shape index (κ3) is 3.08. The lowest BCUT2D eigenvalue weighted by Gasteiger charge is -2.30. The van der Waals surface area contributed by atoms with Crippen LogP contribution in [0.4, 0.5) is 0 Å². The van der Waals surface area contributed by atoms with E-state index in [0.717, 1.165) is 24.3 Å². The molecule has 0 saturated carbocycles. The Morgan fingerprint density at radius 2 is 1.03 bits per heavy atom. The number of carbonyl (C=O) groups is 1. The molecule has 2 aliphatic rings. The van der Waals surface area contributed by atoms with Gasteiger partial charge in [-0.05, 0) is 70.2 Å². The van der Waals surface area contributed by atoms with E-state index >= 15 is 0 Å². The number of ether oxygens (including phenoxy) is 4. The molecule has 0 bridgehead atoms. The first kappa shape index (κ1) is 21.5. The maximum absolute atomic E-state index is 11.8. The highest BCUT2D eigenvalue weighted by atomic mass is 16.6. The fourth-order valence-corrected chi connectivity index (χ4v) is 6.03. The molecular weight excluding hydrogens is 392 g/mol. The summed E-state index contributed by atoms with van der Waals surface area (Å²) in [5, 5.41) is 0. The molecule has 1 atom stereocenters. The number of carbonyl (C=O) groups excluding carboxylic acids is 1. The molecule has 2 aromatic rings. The molecule has 0 amide bonds. The summed E-state index contributed by atoms with van der Waals surface area (Å²) in [4.78, 5) is 11.8. The van der Waals surface area contributed by atoms with E-state index in [1.54, 1.807) is 21.3 Å². The minimum absolute atomic E-state index is 0.0475. The van der Waals surface area contributed by atoms with Crippen molar-refractivity contribution in [2.24, 2.45) is 0 Å². The van der Waals surface area contributed by atoms with Crippen molar-refractivity contribution < 1.29 is 23.7 Å². The SMILES string of the molecule is COc1cc2c(cc1OC)C1(CC2(C)C)CC(C)(C)c2cc(OC)c(OC(C)=O)cc21. The third-order valence-electron chi connectivity index (χ3n) is 7.06. The van der Waals surface area contributed by atoms with Crippen molar-refractivity contribution in [3.8, 4) is 23.0 Å². The van der Waals surface area contributed by atoms with Gasteiger partial charge >= 0.3 is 5.97 Å². The van der Waals surface area contributed by atoms with Crippen molar-refractivity contribution >= 4 is 5.97 Å². The molecule has 0 fully saturated rings. The summed E-state index contributed by atoms with van der Waals surface area (Å²) in [5.41, 5.74) is 4.65. The van der Waals surface area contributed by atoms with Crippen molar-refractivity contribution in [3.63, 3.8) is 0 Å². The molecule has 5 nitrogen and oxygen atoms in total. The molecule has 1 unspecified atom stereocenters. The largest absolute Gasteiger partial charge is 0.493 e. The van der Waals surface area contributed by atoms with Crippen LogP contribution in [-0.4, -0.2) is 27.3 Å². The van der Waals surface area contributed by atoms with Gasteiger partial charge in [0.05, 0.1) is 21.3 Å². The lowest BCUT2D eigenvalue weighted by atomic mass is 9.72. The van der Waals surface area contributed by atoms with Crippen molar-refractivity contribution in [1.29, 1.82) is 0 Å². The molecule has 5 heteroatoms. The van der Waals surface area contributed by atoms with Gasteiger partial charge < -0.3 is 18.9 Å². The van der Waals surface area contributed by atoms with E-state index < -0.39 is 0 Å². The number of methoxy groups -OCH3 is 3. The first-order valence-corrected chi connectivity index (χ1v) is 10.7. The van der Waals surface area contributed by atoms with Crippen LogP contribution in [-0.2, 0) is 21.0 Å². The maximum atomic E-state index is 11.8. The Kier molecular flexibility index (Phi) is 4.80. The Morgan fingerprint density at radius 1 is 0.677 bits per heavy atom. The highest BCUT2D eigenvalue weighted by molar-refractivity contribution is 5.72. The first-order chi connectivity index (χ1) is 14.5. The second-order valence-electron chi connectivity index (χ2n) is 10.1. The molecule has 31 heavy (non-hydrogen) atoms. The topological polar surface area (TPSA) is 54.0 Å². The summed E-state index contributed by atoms with van der Waals surface area (Å²) in [5.74, 6) is 2.18. The van der Waals surface area contributed by atoms with Crippen LogP contribution in [0.15, 0.2) is 24.3 Å². The summed E-state index contributed by atoms with van der Waals surface area (Å²) in [6.45, 7) is 10.5. The van der Waals surface area contributed by atoms with Crippen LogP contribution in [0.2, 0.25) is 0 Å². The molecule has 0 N–H and O–H groups in total. The lowest BCUT2D eigenvalue weighted by Crippen LogP contribution is -2.27. The zero-order valence-electron chi connectivity index (χ0n) is 19.8. The molecule has 0 aliphatic heterocycles. The quantitative estimate of drug-likeness (QED) is 0.493. The molecular formula is C26H32O5. The number of esters is 1. The number of rotatable bonds is 4. The van der Waals surface area contributed by atoms with Crippen molar-refractivity contribution in [2.75, 3.05) is 21.3 Å². The Morgan fingerprint density at radius 3 is 1.42 bits per heavy atom. The van der Waals surface area contributed by atoms with Crippen LogP contribution in [0.25, 0.3) is 0 Å². The van der Waals surface area contributed by atoms with E-state index in [1.165, 1.54) is 29.2 Å². The van der Waals surface area contributed by atoms with Gasteiger partial charge in [-0.1, -0.05) is 27.7 Å². The first-order valence-electron chi connectivity index (χ1n) is 10.7. The van der Waals surface area contributed by atoms with Crippen LogP contribution < -0.4 is 18.9 Å². The molecule has 0 aromatic heterocycles. The molecule has 166 valence electrons. The molecule has 2 aromatic carbocycles. The number of hydrogen-bond donors (Lipinski definition) is 0. The second-order valence-corrected chi connectivity index (χ2v) is 10.1. The lowest BCUT2D eigenvalue weighted by molar-refractivity contribution is -0.132. The van der Waals surface area contributed by atoms with Crippen LogP contribution in [0.1, 0.15) is 69.7 Å². The van der Waals surface area contributed by atoms with Crippen LogP contribution in [0.3, 0.4) is 0 Å². The molecule has 0 heterocycles. The highest BCUT2D eigenvalue weighted by Crippen LogP contribution is 2.64. The van der Waals surface area contributed by atoms with Gasteiger partial charge in [0.2, 0.25) is 0 Å². The molecule has 4 rings (SSSR count). The highest BCUT2D eigenvalue weighted by Gasteiger charge is 2.57. The van der Waals surface area contributed by atoms with Gasteiger partial charge in [-0.15, -0.1) is 0 Å². The summed E-state index contributed by atoms with van der Waals surface area (Å²) in [6.07, 6.45) is 1.90. The van der Waals surface area contributed by atoms with Crippen LogP contribution in [0.5, 0.6) is 23.0 Å². The van der Waals surface area contributed by atoms with E-state index in [-0.39, 0.29) is 22.2 Å². The van der Waals surface area contributed by atoms with E-state index in [2.05, 4.69) is 39.8 Å². The second kappa shape index (κ2) is 6.91. The smallest absolute Gasteiger partial charge is 0.308 e. The molecule has 1 spiro atoms. The van der Waals surface area contributed by atoms with E-state index in [0.29, 0.717) is 11.5 Å². The average Bonchev–Trinajstić information content (AvgIpc) is 3.05. The van der Waals surface area contributed by atoms with Gasteiger partial charge in [0.15, 0.2) is 23.0 Å². The standard InChI is InChI=1S/C26H32O5/c1-15(27)31-23-12-19-17(10-22(23)30-8)25(4,5)14-26(19)13-24(2,3)16-9-20(28-6)21(29-7)11-18(16)26/h9-12H,13-14H2,1-8H3. The summed E-state index contributed by atoms with van der Waals surface area (Å²) in [7, 11) is 4.96. The monoisotopic (exact) mass is 424 g/mol. The number of hydrogen-bond acceptors (Lipinski definition) is 5. The number of fused-ring (bicyclic) bond motifs is 4. The van der Waals surface area contributed by atoms with Gasteiger partial charge in [-0.2, -0.15) is 0 Å². The van der Waals surface area contributed by atoms with Crippen molar-refractivity contribution in [3.05, 3.63) is 46.5 Å². The number of benzene rings is 2. The minimum atomic E-state index is -0.358. The fraction of sp³-hybridized carbons (Fsp3) is 0.500. The van der Waals surface area contributed by atoms with Crippen molar-refractivity contribution in [1.82, 2.24) is 0 Å². The fourth-order valence-electron chi connectivity index (χ4n) is 6.03. The molecule has 0 radical (unpaired) electrons. The molecule has 0 saturated heterocycles. The van der Waals surface area contributed by atoms with Gasteiger partial charge in [0.1, 0.15) is 0 Å². The zero-order valence-corrected chi connectivity index (χ0v) is 19.8. The van der Waals surface area contributed by atoms with Gasteiger partial charge in [0.25, 0.3) is 0 Å². The van der Waals surface area contributed by atoms with Crippen LogP contribution in [0, 0.1) is 0 Å². The minimum Gasteiger partial charge on any atom is -0.493 e. The Bertz CT molecular complexity index is 1060. The summed E-state index contributed by atoms with van der Waals surface area (Å²) in [6, 6.07) is 8.34. The summed E-state index contributed by atoms with van der Waals surface area (Å²) >= 11 is 0. The predicted octanol–water partition coefficient (Wildman–Crippen LogP) is 5.29. The van der Waals surface area contributed by atoms with Gasteiger partial charge in [0, 0.05) is 12.3 Å². The van der Waals surface area contributed by atoms with E-state index in [9.17, 15) is 4.79 Å². The third-order valence-corrected chi connectivity index (χ3v) is 7.06. The Hall–Kier alpha value is -2.69. The van der Waals surface area contributed by atoms with Crippen molar-refractivity contribution in [2.45, 2.75) is 63.7 Å². The normalized spacial score (nSPS) is 22.1. The summed E-state index contributed by atoms with van der Waals surface area (Å²) < 4.78 is 22.4. The van der Waals surface area contributed by atoms with Gasteiger partial charge in [-0.3, -0.25) is 4.79 Å². The zero-order chi connectivity index (χ0) is 22.8. The van der Waals surface area contributed by atoms with Gasteiger partial charge in [-0.25, -0.2) is 0 Å². The maximum Gasteiger partial charge on any atom is 0.308 e. The van der Waals surface area contributed by atoms with Crippen LogP contribution >= 0.6 is 0 Å². The Balaban J connectivity index is 2.02. The van der Waals surface area contributed by atoms with E-state index in [1.807, 2.05) is 12.1 Å². The van der Waals surface area contributed by atoms with E-state index in [4.69, 9.17) is 18.9 Å². The predicted molar refractivity (Wildman–Crippen MR) is 120 cm³/mol. The molecule has 2 aliphatic carbocycles. The average molecular weight is 425 g/mol. The Labute approximate surface area is 184 Å².